The van der Waals surface area contributed by atoms with Crippen molar-refractivity contribution in [2.24, 2.45) is 16.6 Å². The monoisotopic (exact) mass is 370 g/mol. The van der Waals surface area contributed by atoms with Crippen LogP contribution in [0.1, 0.15) is 19.4 Å². The predicted molar refractivity (Wildman–Crippen MR) is 101 cm³/mol. The number of nitrogens with zero attached hydrogens (tertiary/aromatic N) is 2. The molecule has 1 aromatic rings. The Hall–Kier alpha value is -1.25. The SMILES string of the molecule is CC(C)CNS(=O)(=O)c1ccc(CN=C(N)N2CCSCC2)cc1. The number of guanidine groups is 1. The van der Waals surface area contributed by atoms with Crippen molar-refractivity contribution in [3.63, 3.8) is 0 Å². The van der Waals surface area contributed by atoms with Crippen LogP contribution in [-0.4, -0.2) is 50.4 Å². The number of benzene rings is 1. The molecule has 0 amide bonds. The maximum Gasteiger partial charge on any atom is 0.240 e. The average molecular weight is 371 g/mol. The molecule has 3 N–H and O–H groups in total. The van der Waals surface area contributed by atoms with Crippen molar-refractivity contribution >= 4 is 27.7 Å². The summed E-state index contributed by atoms with van der Waals surface area (Å²) < 4.78 is 26.9. The lowest BCUT2D eigenvalue weighted by Gasteiger charge is -2.27. The van der Waals surface area contributed by atoms with Crippen LogP contribution in [0.25, 0.3) is 0 Å². The maximum absolute atomic E-state index is 12.2. The Morgan fingerprint density at radius 2 is 1.92 bits per heavy atom. The second-order valence-electron chi connectivity index (χ2n) is 6.16. The lowest BCUT2D eigenvalue weighted by molar-refractivity contribution is 0.455. The number of aliphatic imine (C=N–C) groups is 1. The summed E-state index contributed by atoms with van der Waals surface area (Å²) in [5.74, 6) is 2.98. The van der Waals surface area contributed by atoms with Crippen LogP contribution < -0.4 is 10.5 Å². The predicted octanol–water partition coefficient (Wildman–Crippen LogP) is 1.48. The number of thioether (sulfide) groups is 1. The molecule has 0 aliphatic carbocycles. The molecule has 0 radical (unpaired) electrons. The fourth-order valence-electron chi connectivity index (χ4n) is 2.20. The van der Waals surface area contributed by atoms with Crippen molar-refractivity contribution in [2.75, 3.05) is 31.1 Å². The Morgan fingerprint density at radius 1 is 1.29 bits per heavy atom. The van der Waals surface area contributed by atoms with Gasteiger partial charge in [0.2, 0.25) is 10.0 Å². The highest BCUT2D eigenvalue weighted by Crippen LogP contribution is 2.12. The van der Waals surface area contributed by atoms with Crippen LogP contribution in [0.2, 0.25) is 0 Å². The third-order valence-corrected chi connectivity index (χ3v) is 6.06. The van der Waals surface area contributed by atoms with Crippen molar-refractivity contribution in [2.45, 2.75) is 25.3 Å². The highest BCUT2D eigenvalue weighted by atomic mass is 32.2. The van der Waals surface area contributed by atoms with Gasteiger partial charge in [0, 0.05) is 31.1 Å². The van der Waals surface area contributed by atoms with E-state index >= 15 is 0 Å². The third kappa shape index (κ3) is 5.68. The maximum atomic E-state index is 12.2. The summed E-state index contributed by atoms with van der Waals surface area (Å²) in [6.45, 7) is 6.68. The van der Waals surface area contributed by atoms with E-state index in [0.717, 1.165) is 30.2 Å². The van der Waals surface area contributed by atoms with Crippen LogP contribution in [0.3, 0.4) is 0 Å². The number of hydrogen-bond donors (Lipinski definition) is 2. The van der Waals surface area contributed by atoms with Crippen molar-refractivity contribution in [3.8, 4) is 0 Å². The summed E-state index contributed by atoms with van der Waals surface area (Å²) in [4.78, 5) is 6.78. The van der Waals surface area contributed by atoms with E-state index in [1.165, 1.54) is 0 Å². The van der Waals surface area contributed by atoms with Gasteiger partial charge in [-0.25, -0.2) is 18.1 Å². The first kappa shape index (κ1) is 19.1. The molecule has 8 heteroatoms. The Morgan fingerprint density at radius 3 is 2.50 bits per heavy atom. The Bertz CT molecular complexity index is 651. The van der Waals surface area contributed by atoms with E-state index in [-0.39, 0.29) is 10.8 Å². The van der Waals surface area contributed by atoms with Gasteiger partial charge in [0.25, 0.3) is 0 Å². The molecule has 24 heavy (non-hydrogen) atoms. The molecule has 0 atom stereocenters. The minimum Gasteiger partial charge on any atom is -0.370 e. The van der Waals surface area contributed by atoms with Crippen molar-refractivity contribution in [1.82, 2.24) is 9.62 Å². The third-order valence-electron chi connectivity index (χ3n) is 3.67. The van der Waals surface area contributed by atoms with Gasteiger partial charge in [0.15, 0.2) is 5.96 Å². The molecule has 1 saturated heterocycles. The standard InChI is InChI=1S/C16H26N4O2S2/c1-13(2)11-19-24(21,22)15-5-3-14(4-6-15)12-18-16(17)20-7-9-23-10-8-20/h3-6,13,19H,7-12H2,1-2H3,(H2,17,18). The molecule has 6 nitrogen and oxygen atoms in total. The molecule has 0 saturated carbocycles. The van der Waals surface area contributed by atoms with Crippen molar-refractivity contribution in [3.05, 3.63) is 29.8 Å². The number of nitrogens with two attached hydrogens (primary N) is 1. The van der Waals surface area contributed by atoms with Gasteiger partial charge >= 0.3 is 0 Å². The number of hydrogen-bond acceptors (Lipinski definition) is 4. The highest BCUT2D eigenvalue weighted by Gasteiger charge is 2.14. The minimum absolute atomic E-state index is 0.268. The summed E-state index contributed by atoms with van der Waals surface area (Å²) in [5.41, 5.74) is 6.96. The molecule has 1 heterocycles. The first-order valence-electron chi connectivity index (χ1n) is 8.09. The topological polar surface area (TPSA) is 87.8 Å². The Balaban J connectivity index is 1.96. The first-order valence-corrected chi connectivity index (χ1v) is 10.7. The molecule has 1 aromatic carbocycles. The molecule has 1 aliphatic rings. The van der Waals surface area contributed by atoms with E-state index < -0.39 is 10.0 Å². The van der Waals surface area contributed by atoms with Crippen LogP contribution in [0.4, 0.5) is 0 Å². The number of sulfonamides is 1. The van der Waals surface area contributed by atoms with E-state index in [1.54, 1.807) is 24.3 Å². The van der Waals surface area contributed by atoms with Gasteiger partial charge in [0.1, 0.15) is 0 Å². The number of nitrogens with one attached hydrogen (secondary N) is 1. The zero-order valence-electron chi connectivity index (χ0n) is 14.2. The second-order valence-corrected chi connectivity index (χ2v) is 9.16. The molecule has 0 spiro atoms. The molecule has 0 aromatic heterocycles. The van der Waals surface area contributed by atoms with Gasteiger partial charge in [-0.3, -0.25) is 0 Å². The summed E-state index contributed by atoms with van der Waals surface area (Å²) in [5, 5.41) is 0. The molecule has 1 fully saturated rings. The molecule has 134 valence electrons. The van der Waals surface area contributed by atoms with Crippen LogP contribution in [-0.2, 0) is 16.6 Å². The molecule has 1 aliphatic heterocycles. The lowest BCUT2D eigenvalue weighted by atomic mass is 10.2. The second kappa shape index (κ2) is 8.73. The average Bonchev–Trinajstić information content (AvgIpc) is 2.59. The van der Waals surface area contributed by atoms with Gasteiger partial charge < -0.3 is 10.6 Å². The van der Waals surface area contributed by atoms with Gasteiger partial charge in [-0.05, 0) is 23.6 Å². The summed E-state index contributed by atoms with van der Waals surface area (Å²) in [6.07, 6.45) is 0. The highest BCUT2D eigenvalue weighted by molar-refractivity contribution is 7.99. The van der Waals surface area contributed by atoms with E-state index in [4.69, 9.17) is 5.73 Å². The minimum atomic E-state index is -3.44. The van der Waals surface area contributed by atoms with E-state index in [9.17, 15) is 8.42 Å². The van der Waals surface area contributed by atoms with Gasteiger partial charge in [-0.1, -0.05) is 26.0 Å². The van der Waals surface area contributed by atoms with Crippen LogP contribution in [0.5, 0.6) is 0 Å². The van der Waals surface area contributed by atoms with E-state index in [1.807, 2.05) is 25.6 Å². The van der Waals surface area contributed by atoms with Gasteiger partial charge in [-0.15, -0.1) is 0 Å². The first-order chi connectivity index (χ1) is 11.4. The largest absolute Gasteiger partial charge is 0.370 e. The fourth-order valence-corrected chi connectivity index (χ4v) is 4.32. The van der Waals surface area contributed by atoms with Crippen LogP contribution in [0.15, 0.2) is 34.2 Å². The van der Waals surface area contributed by atoms with Gasteiger partial charge in [0.05, 0.1) is 11.4 Å². The summed E-state index contributed by atoms with van der Waals surface area (Å²) in [6, 6.07) is 6.79. The van der Waals surface area contributed by atoms with Crippen molar-refractivity contribution < 1.29 is 8.42 Å². The van der Waals surface area contributed by atoms with E-state index in [2.05, 4.69) is 14.6 Å². The molecule has 2 rings (SSSR count). The fraction of sp³-hybridized carbons (Fsp3) is 0.562. The van der Waals surface area contributed by atoms with E-state index in [0.29, 0.717) is 19.0 Å². The molecule has 0 bridgehead atoms. The quantitative estimate of drug-likeness (QED) is 0.585. The smallest absolute Gasteiger partial charge is 0.240 e. The summed E-state index contributed by atoms with van der Waals surface area (Å²) in [7, 11) is -3.44. The Kier molecular flexibility index (Phi) is 6.94. The lowest BCUT2D eigenvalue weighted by Crippen LogP contribution is -2.42. The Labute approximate surface area is 149 Å². The van der Waals surface area contributed by atoms with Crippen LogP contribution in [0, 0.1) is 5.92 Å². The zero-order chi connectivity index (χ0) is 17.6. The number of rotatable bonds is 6. The normalized spacial score (nSPS) is 16.6. The molecule has 0 unspecified atom stereocenters. The zero-order valence-corrected chi connectivity index (χ0v) is 15.9. The van der Waals surface area contributed by atoms with Crippen LogP contribution >= 0.6 is 11.8 Å². The summed E-state index contributed by atoms with van der Waals surface area (Å²) >= 11 is 1.92. The van der Waals surface area contributed by atoms with Crippen molar-refractivity contribution in [1.29, 1.82) is 0 Å². The molecular formula is C16H26N4O2S2. The molecular weight excluding hydrogens is 344 g/mol. The van der Waals surface area contributed by atoms with Gasteiger partial charge in [-0.2, -0.15) is 11.8 Å².